The lowest BCUT2D eigenvalue weighted by Gasteiger charge is -2.18. The van der Waals surface area contributed by atoms with Gasteiger partial charge in [-0.15, -0.1) is 0 Å². The van der Waals surface area contributed by atoms with E-state index >= 15 is 0 Å². The summed E-state index contributed by atoms with van der Waals surface area (Å²) in [5.41, 5.74) is 0.591. The highest BCUT2D eigenvalue weighted by atomic mass is 127. The molecule has 2 aromatic rings. The van der Waals surface area contributed by atoms with Crippen molar-refractivity contribution in [2.45, 2.75) is 12.5 Å². The number of carboxylic acid groups (broad SMARTS) is 1. The number of halogens is 1. The Balaban J connectivity index is 2.15. The second-order valence-electron chi connectivity index (χ2n) is 5.39. The molecule has 2 aromatic carbocycles. The first-order valence-corrected chi connectivity index (χ1v) is 8.89. The van der Waals surface area contributed by atoms with Crippen molar-refractivity contribution >= 4 is 40.6 Å². The highest BCUT2D eigenvalue weighted by Gasteiger charge is 2.21. The van der Waals surface area contributed by atoms with Crippen molar-refractivity contribution < 1.29 is 29.3 Å². The molecule has 0 radical (unpaired) electrons. The third-order valence-electron chi connectivity index (χ3n) is 3.45. The van der Waals surface area contributed by atoms with Crippen LogP contribution in [-0.2, 0) is 9.53 Å². The van der Waals surface area contributed by atoms with Crippen LogP contribution < -0.4 is 5.32 Å². The van der Waals surface area contributed by atoms with E-state index in [4.69, 9.17) is 9.84 Å². The molecule has 0 fully saturated rings. The Bertz CT molecular complexity index is 866. The van der Waals surface area contributed by atoms with Crippen molar-refractivity contribution in [1.82, 2.24) is 5.32 Å². The molecule has 0 spiro atoms. The van der Waals surface area contributed by atoms with Crippen LogP contribution in [0.4, 0.5) is 4.79 Å². The number of hydrogen-bond acceptors (Lipinski definition) is 5. The molecule has 2 amide bonds. The lowest BCUT2D eigenvalue weighted by atomic mass is 10.1. The molecule has 27 heavy (non-hydrogen) atoms. The Morgan fingerprint density at radius 1 is 1.15 bits per heavy atom. The number of aliphatic carboxylic acids is 1. The number of hydrogen-bond donors (Lipinski definition) is 3. The lowest BCUT2D eigenvalue weighted by molar-refractivity contribution is -0.131. The molecular formula is C19H16INO6. The maximum absolute atomic E-state index is 12.1. The van der Waals surface area contributed by atoms with E-state index in [-0.39, 0.29) is 17.7 Å². The fourth-order valence-corrected chi connectivity index (χ4v) is 2.74. The number of carboxylic acids is 1. The molecule has 3 N–H and O–H groups in total. The van der Waals surface area contributed by atoms with Crippen LogP contribution in [0.25, 0.3) is 0 Å². The summed E-state index contributed by atoms with van der Waals surface area (Å²) in [7, 11) is 0. The summed E-state index contributed by atoms with van der Waals surface area (Å²) < 4.78 is 6.06. The second-order valence-corrected chi connectivity index (χ2v) is 6.64. The molecule has 0 unspecified atom stereocenters. The average molecular weight is 481 g/mol. The summed E-state index contributed by atoms with van der Waals surface area (Å²) in [6.45, 7) is 0. The fraction of sp³-hybridized carbons (Fsp3) is 0.105. The first kappa shape index (κ1) is 20.4. The number of carbonyl (C=O) groups excluding carboxylic acids is 2. The zero-order chi connectivity index (χ0) is 19.8. The fourth-order valence-electron chi connectivity index (χ4n) is 2.23. The number of rotatable bonds is 6. The minimum absolute atomic E-state index is 0.00685. The van der Waals surface area contributed by atoms with E-state index in [0.29, 0.717) is 5.56 Å². The zero-order valence-corrected chi connectivity index (χ0v) is 16.1. The minimum Gasteiger partial charge on any atom is -0.508 e. The number of ether oxygens (including phenoxy) is 1. The van der Waals surface area contributed by atoms with E-state index < -0.39 is 24.1 Å². The van der Waals surface area contributed by atoms with Crippen molar-refractivity contribution in [2.75, 3.05) is 0 Å². The highest BCUT2D eigenvalue weighted by molar-refractivity contribution is 14.1. The van der Waals surface area contributed by atoms with Gasteiger partial charge in [0.05, 0.1) is 0 Å². The molecule has 0 bridgehead atoms. The van der Waals surface area contributed by atoms with Crippen molar-refractivity contribution in [3.8, 4) is 5.75 Å². The van der Waals surface area contributed by atoms with Gasteiger partial charge in [-0.1, -0.05) is 24.3 Å². The molecule has 7 nitrogen and oxygen atoms in total. The van der Waals surface area contributed by atoms with Crippen LogP contribution in [0.3, 0.4) is 0 Å². The molecule has 0 saturated heterocycles. The van der Waals surface area contributed by atoms with E-state index in [2.05, 4.69) is 5.32 Å². The normalized spacial score (nSPS) is 11.7. The van der Waals surface area contributed by atoms with Gasteiger partial charge in [-0.3, -0.25) is 10.1 Å². The number of carbonyl (C=O) groups is 3. The predicted octanol–water partition coefficient (Wildman–Crippen LogP) is 3.64. The summed E-state index contributed by atoms with van der Waals surface area (Å²) in [6, 6.07) is 12.9. The quantitative estimate of drug-likeness (QED) is 0.429. The van der Waals surface area contributed by atoms with E-state index in [1.807, 2.05) is 22.6 Å². The lowest BCUT2D eigenvalue weighted by Crippen LogP contribution is -2.32. The number of phenols is 1. The summed E-state index contributed by atoms with van der Waals surface area (Å²) in [5.74, 6) is -1.89. The van der Waals surface area contributed by atoms with Gasteiger partial charge in [-0.05, 0) is 52.9 Å². The SMILES string of the molecule is O=C(O)/C=C/C[C@@H](OC(=O)NC(=O)c1ccccc1)c1cc(I)ccc1O. The number of phenolic OH excluding ortho intramolecular Hbond substituents is 1. The monoisotopic (exact) mass is 481 g/mol. The second kappa shape index (κ2) is 9.72. The molecule has 8 heteroatoms. The molecule has 0 aliphatic heterocycles. The number of amides is 2. The zero-order valence-electron chi connectivity index (χ0n) is 14.0. The summed E-state index contributed by atoms with van der Waals surface area (Å²) in [6.07, 6.45) is 0.245. The number of benzene rings is 2. The van der Waals surface area contributed by atoms with Crippen LogP contribution in [-0.4, -0.2) is 28.2 Å². The predicted molar refractivity (Wildman–Crippen MR) is 105 cm³/mol. The average Bonchev–Trinajstić information content (AvgIpc) is 2.63. The van der Waals surface area contributed by atoms with Crippen molar-refractivity contribution in [3.63, 3.8) is 0 Å². The van der Waals surface area contributed by atoms with Crippen molar-refractivity contribution in [1.29, 1.82) is 0 Å². The molecule has 0 aliphatic carbocycles. The standard InChI is InChI=1S/C19H16INO6/c20-13-9-10-15(22)14(11-13)16(7-4-8-17(23)24)27-19(26)21-18(25)12-5-2-1-3-6-12/h1-6,8-11,16,22H,7H2,(H,23,24)(H,21,25,26)/b8-4+/t16-/m1/s1. The van der Waals surface area contributed by atoms with E-state index in [1.165, 1.54) is 12.1 Å². The Morgan fingerprint density at radius 3 is 2.52 bits per heavy atom. The number of alkyl carbamates (subject to hydrolysis) is 1. The van der Waals surface area contributed by atoms with E-state index in [1.54, 1.807) is 42.5 Å². The highest BCUT2D eigenvalue weighted by Crippen LogP contribution is 2.31. The van der Waals surface area contributed by atoms with Crippen LogP contribution in [0.1, 0.15) is 28.4 Å². The van der Waals surface area contributed by atoms with Crippen LogP contribution in [0.2, 0.25) is 0 Å². The van der Waals surface area contributed by atoms with Crippen LogP contribution in [0, 0.1) is 3.57 Å². The molecule has 0 saturated carbocycles. The molecule has 1 atom stereocenters. The molecule has 0 aliphatic rings. The van der Waals surface area contributed by atoms with Gasteiger partial charge >= 0.3 is 12.1 Å². The molecule has 0 heterocycles. The van der Waals surface area contributed by atoms with Gasteiger partial charge < -0.3 is 14.9 Å². The minimum atomic E-state index is -1.15. The number of nitrogens with one attached hydrogen (secondary N) is 1. The topological polar surface area (TPSA) is 113 Å². The third kappa shape index (κ3) is 6.41. The molecule has 0 aromatic heterocycles. The van der Waals surface area contributed by atoms with Gasteiger partial charge in [0.2, 0.25) is 0 Å². The van der Waals surface area contributed by atoms with Gasteiger partial charge in [-0.25, -0.2) is 9.59 Å². The molecule has 140 valence electrons. The largest absolute Gasteiger partial charge is 0.508 e. The maximum atomic E-state index is 12.1. The van der Waals surface area contributed by atoms with E-state index in [0.717, 1.165) is 9.65 Å². The van der Waals surface area contributed by atoms with Gasteiger partial charge in [0.25, 0.3) is 5.91 Å². The smallest absolute Gasteiger partial charge is 0.414 e. The van der Waals surface area contributed by atoms with Crippen molar-refractivity contribution in [2.24, 2.45) is 0 Å². The summed E-state index contributed by atoms with van der Waals surface area (Å²) in [5, 5.41) is 20.9. The summed E-state index contributed by atoms with van der Waals surface area (Å²) >= 11 is 2.03. The maximum Gasteiger partial charge on any atom is 0.414 e. The first-order chi connectivity index (χ1) is 12.9. The Hall–Kier alpha value is -2.88. The Morgan fingerprint density at radius 2 is 1.85 bits per heavy atom. The van der Waals surface area contributed by atoms with Crippen LogP contribution >= 0.6 is 22.6 Å². The number of aromatic hydroxyl groups is 1. The van der Waals surface area contributed by atoms with Gasteiger partial charge in [-0.2, -0.15) is 0 Å². The molecular weight excluding hydrogens is 465 g/mol. The Kier molecular flexibility index (Phi) is 7.35. The van der Waals surface area contributed by atoms with Crippen LogP contribution in [0.5, 0.6) is 5.75 Å². The van der Waals surface area contributed by atoms with Crippen molar-refractivity contribution in [3.05, 3.63) is 75.4 Å². The van der Waals surface area contributed by atoms with Gasteiger partial charge in [0.15, 0.2) is 0 Å². The van der Waals surface area contributed by atoms with Gasteiger partial charge in [0, 0.05) is 27.2 Å². The van der Waals surface area contributed by atoms with Gasteiger partial charge in [0.1, 0.15) is 11.9 Å². The summed E-state index contributed by atoms with van der Waals surface area (Å²) in [4.78, 5) is 34.8. The first-order valence-electron chi connectivity index (χ1n) is 7.81. The third-order valence-corrected chi connectivity index (χ3v) is 4.12. The molecule has 2 rings (SSSR count). The Labute approximate surface area is 168 Å². The van der Waals surface area contributed by atoms with E-state index in [9.17, 15) is 19.5 Å². The van der Waals surface area contributed by atoms with Crippen LogP contribution in [0.15, 0.2) is 60.7 Å². The number of imide groups is 1.